The minimum Gasteiger partial charge on any atom is -0.325 e. The van der Waals surface area contributed by atoms with Gasteiger partial charge in [-0.3, -0.25) is 4.79 Å². The highest BCUT2D eigenvalue weighted by molar-refractivity contribution is 6.34. The standard InChI is InChI=1S/C10H7Cl2N3O/c11-4-9(16)15-6-1-2-8-7(3-6)10(12)14-5-13-8/h1-3,5H,4H2,(H,15,16). The van der Waals surface area contributed by atoms with Gasteiger partial charge in [0.05, 0.1) is 5.52 Å². The van der Waals surface area contributed by atoms with Crippen LogP contribution in [-0.2, 0) is 4.79 Å². The summed E-state index contributed by atoms with van der Waals surface area (Å²) >= 11 is 11.3. The van der Waals surface area contributed by atoms with Gasteiger partial charge in [0.2, 0.25) is 5.91 Å². The number of benzene rings is 1. The lowest BCUT2D eigenvalue weighted by molar-refractivity contribution is -0.113. The molecule has 4 nitrogen and oxygen atoms in total. The Kier molecular flexibility index (Phi) is 3.22. The highest BCUT2D eigenvalue weighted by Crippen LogP contribution is 2.22. The molecule has 0 atom stereocenters. The van der Waals surface area contributed by atoms with E-state index in [1.807, 2.05) is 0 Å². The fourth-order valence-corrected chi connectivity index (χ4v) is 1.56. The summed E-state index contributed by atoms with van der Waals surface area (Å²) in [4.78, 5) is 19.0. The summed E-state index contributed by atoms with van der Waals surface area (Å²) in [6.07, 6.45) is 1.39. The summed E-state index contributed by atoms with van der Waals surface area (Å²) in [5.41, 5.74) is 1.35. The number of hydrogen-bond donors (Lipinski definition) is 1. The van der Waals surface area contributed by atoms with Crippen LogP contribution in [0.4, 0.5) is 5.69 Å². The zero-order valence-corrected chi connectivity index (χ0v) is 9.59. The van der Waals surface area contributed by atoms with Gasteiger partial charge in [-0.1, -0.05) is 11.6 Å². The van der Waals surface area contributed by atoms with Gasteiger partial charge in [0.15, 0.2) is 0 Å². The number of anilines is 1. The maximum atomic E-state index is 11.1. The van der Waals surface area contributed by atoms with E-state index in [1.165, 1.54) is 6.33 Å². The molecule has 0 aliphatic heterocycles. The van der Waals surface area contributed by atoms with Gasteiger partial charge in [-0.2, -0.15) is 0 Å². The van der Waals surface area contributed by atoms with Gasteiger partial charge < -0.3 is 5.32 Å². The van der Waals surface area contributed by atoms with Crippen molar-refractivity contribution in [2.75, 3.05) is 11.2 Å². The number of halogens is 2. The predicted octanol–water partition coefficient (Wildman–Crippen LogP) is 2.46. The van der Waals surface area contributed by atoms with E-state index in [0.717, 1.165) is 5.52 Å². The zero-order valence-electron chi connectivity index (χ0n) is 8.08. The summed E-state index contributed by atoms with van der Waals surface area (Å²) in [5, 5.41) is 3.67. The van der Waals surface area contributed by atoms with E-state index >= 15 is 0 Å². The van der Waals surface area contributed by atoms with E-state index in [4.69, 9.17) is 23.2 Å². The number of carbonyl (C=O) groups excluding carboxylic acids is 1. The second kappa shape index (κ2) is 4.63. The molecular weight excluding hydrogens is 249 g/mol. The topological polar surface area (TPSA) is 54.9 Å². The minimum atomic E-state index is -0.269. The molecule has 1 amide bonds. The third-order valence-electron chi connectivity index (χ3n) is 1.99. The highest BCUT2D eigenvalue weighted by atomic mass is 35.5. The molecule has 2 rings (SSSR count). The van der Waals surface area contributed by atoms with Crippen molar-refractivity contribution in [3.8, 4) is 0 Å². The zero-order chi connectivity index (χ0) is 11.5. The molecule has 0 unspecified atom stereocenters. The minimum absolute atomic E-state index is 0.0863. The van der Waals surface area contributed by atoms with E-state index in [0.29, 0.717) is 16.2 Å². The lowest BCUT2D eigenvalue weighted by Crippen LogP contribution is -2.12. The van der Waals surface area contributed by atoms with Gasteiger partial charge in [-0.05, 0) is 18.2 Å². The number of fused-ring (bicyclic) bond motifs is 1. The summed E-state index contributed by atoms with van der Waals surface area (Å²) in [5.74, 6) is -0.356. The molecule has 0 saturated heterocycles. The number of amides is 1. The third kappa shape index (κ3) is 2.23. The van der Waals surface area contributed by atoms with Crippen molar-refractivity contribution in [1.82, 2.24) is 9.97 Å². The first-order valence-electron chi connectivity index (χ1n) is 4.47. The Balaban J connectivity index is 2.43. The van der Waals surface area contributed by atoms with E-state index in [2.05, 4.69) is 15.3 Å². The Bertz CT molecular complexity index is 545. The Morgan fingerprint density at radius 3 is 2.94 bits per heavy atom. The third-order valence-corrected chi connectivity index (χ3v) is 2.54. The fraction of sp³-hybridized carbons (Fsp3) is 0.100. The largest absolute Gasteiger partial charge is 0.325 e. The van der Waals surface area contributed by atoms with Crippen LogP contribution in [0.5, 0.6) is 0 Å². The molecular formula is C10H7Cl2N3O. The first-order valence-corrected chi connectivity index (χ1v) is 5.38. The average Bonchev–Trinajstić information content (AvgIpc) is 2.30. The van der Waals surface area contributed by atoms with Crippen molar-refractivity contribution in [3.05, 3.63) is 29.7 Å². The molecule has 0 bridgehead atoms. The summed E-state index contributed by atoms with van der Waals surface area (Å²) in [6.45, 7) is 0. The summed E-state index contributed by atoms with van der Waals surface area (Å²) in [6, 6.07) is 5.20. The van der Waals surface area contributed by atoms with Gasteiger partial charge in [0, 0.05) is 11.1 Å². The molecule has 2 aromatic rings. The molecule has 82 valence electrons. The number of rotatable bonds is 2. The molecule has 0 saturated carbocycles. The SMILES string of the molecule is O=C(CCl)Nc1ccc2ncnc(Cl)c2c1. The molecule has 0 fully saturated rings. The first-order chi connectivity index (χ1) is 7.70. The Morgan fingerprint density at radius 2 is 2.19 bits per heavy atom. The first kappa shape index (κ1) is 11.1. The lowest BCUT2D eigenvalue weighted by Gasteiger charge is -2.04. The van der Waals surface area contributed by atoms with E-state index in [-0.39, 0.29) is 11.8 Å². The molecule has 0 spiro atoms. The van der Waals surface area contributed by atoms with Crippen molar-refractivity contribution < 1.29 is 4.79 Å². The van der Waals surface area contributed by atoms with Crippen LogP contribution in [0.1, 0.15) is 0 Å². The summed E-state index contributed by atoms with van der Waals surface area (Å²) < 4.78 is 0. The monoisotopic (exact) mass is 255 g/mol. The predicted molar refractivity (Wildman–Crippen MR) is 63.9 cm³/mol. The van der Waals surface area contributed by atoms with Crippen LogP contribution in [0.15, 0.2) is 24.5 Å². The van der Waals surface area contributed by atoms with Crippen LogP contribution in [0.3, 0.4) is 0 Å². The molecule has 1 N–H and O–H groups in total. The van der Waals surface area contributed by atoms with Crippen molar-refractivity contribution in [2.24, 2.45) is 0 Å². The van der Waals surface area contributed by atoms with Gasteiger partial charge >= 0.3 is 0 Å². The highest BCUT2D eigenvalue weighted by Gasteiger charge is 2.04. The number of aromatic nitrogens is 2. The second-order valence-corrected chi connectivity index (χ2v) is 3.70. The molecule has 1 aromatic heterocycles. The van der Waals surface area contributed by atoms with Crippen molar-refractivity contribution in [3.63, 3.8) is 0 Å². The Hall–Kier alpha value is -1.39. The molecule has 1 aromatic carbocycles. The van der Waals surface area contributed by atoms with E-state index in [1.54, 1.807) is 18.2 Å². The van der Waals surface area contributed by atoms with Crippen molar-refractivity contribution in [2.45, 2.75) is 0 Å². The molecule has 6 heteroatoms. The van der Waals surface area contributed by atoms with Crippen LogP contribution in [0.2, 0.25) is 5.15 Å². The van der Waals surface area contributed by atoms with Crippen LogP contribution in [0, 0.1) is 0 Å². The van der Waals surface area contributed by atoms with Gasteiger partial charge in [0.25, 0.3) is 0 Å². The normalized spacial score (nSPS) is 10.4. The number of hydrogen-bond acceptors (Lipinski definition) is 3. The summed E-state index contributed by atoms with van der Waals surface area (Å²) in [7, 11) is 0. The van der Waals surface area contributed by atoms with Crippen LogP contribution in [-0.4, -0.2) is 21.8 Å². The molecule has 1 heterocycles. The fourth-order valence-electron chi connectivity index (χ4n) is 1.30. The maximum absolute atomic E-state index is 11.1. The van der Waals surface area contributed by atoms with Crippen molar-refractivity contribution in [1.29, 1.82) is 0 Å². The van der Waals surface area contributed by atoms with E-state index in [9.17, 15) is 4.79 Å². The quantitative estimate of drug-likeness (QED) is 0.663. The van der Waals surface area contributed by atoms with Gasteiger partial charge in [-0.15, -0.1) is 11.6 Å². The number of alkyl halides is 1. The molecule has 0 aliphatic carbocycles. The maximum Gasteiger partial charge on any atom is 0.239 e. The van der Waals surface area contributed by atoms with Gasteiger partial charge in [-0.25, -0.2) is 9.97 Å². The van der Waals surface area contributed by atoms with Gasteiger partial charge in [0.1, 0.15) is 17.4 Å². The molecule has 0 aliphatic rings. The smallest absolute Gasteiger partial charge is 0.239 e. The molecule has 0 radical (unpaired) electrons. The average molecular weight is 256 g/mol. The van der Waals surface area contributed by atoms with Crippen molar-refractivity contribution >= 4 is 45.7 Å². The second-order valence-electron chi connectivity index (χ2n) is 3.08. The number of nitrogens with zero attached hydrogens (tertiary/aromatic N) is 2. The Labute approximate surface area is 102 Å². The van der Waals surface area contributed by atoms with Crippen LogP contribution >= 0.6 is 23.2 Å². The lowest BCUT2D eigenvalue weighted by atomic mass is 10.2. The van der Waals surface area contributed by atoms with Crippen LogP contribution < -0.4 is 5.32 Å². The number of carbonyl (C=O) groups is 1. The molecule has 16 heavy (non-hydrogen) atoms. The number of nitrogens with one attached hydrogen (secondary N) is 1. The van der Waals surface area contributed by atoms with E-state index < -0.39 is 0 Å². The van der Waals surface area contributed by atoms with Crippen LogP contribution in [0.25, 0.3) is 10.9 Å². The Morgan fingerprint density at radius 1 is 1.38 bits per heavy atom.